The van der Waals surface area contributed by atoms with E-state index in [1.54, 1.807) is 6.92 Å². The number of hydrogen-bond acceptors (Lipinski definition) is 2. The lowest BCUT2D eigenvalue weighted by Crippen LogP contribution is -2.15. The van der Waals surface area contributed by atoms with Crippen LogP contribution in [0.1, 0.15) is 34.8 Å². The molecule has 0 aliphatic carbocycles. The van der Waals surface area contributed by atoms with Crippen LogP contribution in [0.3, 0.4) is 0 Å². The molecule has 0 heterocycles. The summed E-state index contributed by atoms with van der Waals surface area (Å²) in [6, 6.07) is 5.63. The molecule has 3 nitrogen and oxygen atoms in total. The van der Waals surface area contributed by atoms with E-state index in [1.165, 1.54) is 0 Å². The summed E-state index contributed by atoms with van der Waals surface area (Å²) in [5.41, 5.74) is 2.54. The zero-order valence-electron chi connectivity index (χ0n) is 9.78. The first-order valence-electron chi connectivity index (χ1n) is 5.25. The standard InChI is InChI=1S/C13H16O3/c1-8-4-5-9(2)11(6-8)12(14)7-10(3)13(15)16/h4-6,10H,7H2,1-3H3,(H,15,16). The average molecular weight is 220 g/mol. The van der Waals surface area contributed by atoms with Gasteiger partial charge in [0.25, 0.3) is 0 Å². The third-order valence-electron chi connectivity index (χ3n) is 2.61. The van der Waals surface area contributed by atoms with Gasteiger partial charge in [-0.3, -0.25) is 9.59 Å². The molecule has 1 aromatic carbocycles. The maximum atomic E-state index is 11.9. The highest BCUT2D eigenvalue weighted by molar-refractivity contribution is 5.99. The quantitative estimate of drug-likeness (QED) is 0.793. The molecule has 1 unspecified atom stereocenters. The van der Waals surface area contributed by atoms with Gasteiger partial charge >= 0.3 is 5.97 Å². The van der Waals surface area contributed by atoms with Gasteiger partial charge in [0, 0.05) is 12.0 Å². The molecule has 86 valence electrons. The SMILES string of the molecule is Cc1ccc(C)c(C(=O)CC(C)C(=O)O)c1. The van der Waals surface area contributed by atoms with E-state index >= 15 is 0 Å². The summed E-state index contributed by atoms with van der Waals surface area (Å²) >= 11 is 0. The number of Topliss-reactive ketones (excluding diaryl/α,β-unsaturated/α-hetero) is 1. The Labute approximate surface area is 95.1 Å². The average Bonchev–Trinajstić information content (AvgIpc) is 2.21. The first-order chi connectivity index (χ1) is 7.41. The van der Waals surface area contributed by atoms with Crippen molar-refractivity contribution in [2.24, 2.45) is 5.92 Å². The molecule has 0 amide bonds. The Morgan fingerprint density at radius 1 is 1.31 bits per heavy atom. The van der Waals surface area contributed by atoms with Gasteiger partial charge in [0.2, 0.25) is 0 Å². The normalized spacial score (nSPS) is 12.2. The molecule has 1 rings (SSSR count). The molecule has 0 saturated heterocycles. The number of carboxylic acids is 1. The van der Waals surface area contributed by atoms with Gasteiger partial charge in [0.1, 0.15) is 0 Å². The first-order valence-corrected chi connectivity index (χ1v) is 5.25. The van der Waals surface area contributed by atoms with Crippen molar-refractivity contribution >= 4 is 11.8 Å². The van der Waals surface area contributed by atoms with Crippen molar-refractivity contribution in [1.82, 2.24) is 0 Å². The van der Waals surface area contributed by atoms with Crippen LogP contribution in [0.5, 0.6) is 0 Å². The number of carboxylic acid groups (broad SMARTS) is 1. The molecule has 1 atom stereocenters. The van der Waals surface area contributed by atoms with Gasteiger partial charge in [-0.15, -0.1) is 0 Å². The minimum absolute atomic E-state index is 0.0552. The molecule has 1 aromatic rings. The Morgan fingerprint density at radius 2 is 1.94 bits per heavy atom. The Kier molecular flexibility index (Phi) is 3.82. The summed E-state index contributed by atoms with van der Waals surface area (Å²) in [5, 5.41) is 8.75. The molecule has 0 aliphatic rings. The van der Waals surface area contributed by atoms with E-state index in [1.807, 2.05) is 32.0 Å². The molecule has 3 heteroatoms. The fourth-order valence-corrected chi connectivity index (χ4v) is 1.51. The minimum Gasteiger partial charge on any atom is -0.481 e. The Bertz CT molecular complexity index is 421. The number of aliphatic carboxylic acids is 1. The zero-order chi connectivity index (χ0) is 12.3. The van der Waals surface area contributed by atoms with Crippen LogP contribution >= 0.6 is 0 Å². The largest absolute Gasteiger partial charge is 0.481 e. The molecule has 0 radical (unpaired) electrons. The van der Waals surface area contributed by atoms with E-state index < -0.39 is 11.9 Å². The summed E-state index contributed by atoms with van der Waals surface area (Å²) in [5.74, 6) is -1.66. The molecule has 0 saturated carbocycles. The molecule has 0 aromatic heterocycles. The van der Waals surface area contributed by atoms with Crippen LogP contribution in [-0.4, -0.2) is 16.9 Å². The minimum atomic E-state index is -0.932. The van der Waals surface area contributed by atoms with Crippen LogP contribution in [0, 0.1) is 19.8 Å². The van der Waals surface area contributed by atoms with Crippen LogP contribution in [0.4, 0.5) is 0 Å². The van der Waals surface area contributed by atoms with Crippen molar-refractivity contribution in [3.63, 3.8) is 0 Å². The molecule has 0 bridgehead atoms. The number of aryl methyl sites for hydroxylation is 2. The first kappa shape index (κ1) is 12.4. The van der Waals surface area contributed by atoms with Crippen molar-refractivity contribution in [1.29, 1.82) is 0 Å². The number of benzene rings is 1. The van der Waals surface area contributed by atoms with Gasteiger partial charge < -0.3 is 5.11 Å². The highest BCUT2D eigenvalue weighted by Gasteiger charge is 2.18. The second-order valence-corrected chi connectivity index (χ2v) is 4.18. The van der Waals surface area contributed by atoms with Crippen molar-refractivity contribution in [3.05, 3.63) is 34.9 Å². The molecule has 16 heavy (non-hydrogen) atoms. The summed E-state index contributed by atoms with van der Waals surface area (Å²) in [6.45, 7) is 5.32. The zero-order valence-corrected chi connectivity index (χ0v) is 9.78. The fourth-order valence-electron chi connectivity index (χ4n) is 1.51. The Balaban J connectivity index is 2.88. The number of carbonyl (C=O) groups is 2. The van der Waals surface area contributed by atoms with Crippen LogP contribution < -0.4 is 0 Å². The van der Waals surface area contributed by atoms with Crippen LogP contribution in [0.15, 0.2) is 18.2 Å². The predicted octanol–water partition coefficient (Wildman–Crippen LogP) is 2.60. The predicted molar refractivity (Wildman–Crippen MR) is 61.7 cm³/mol. The smallest absolute Gasteiger partial charge is 0.306 e. The fraction of sp³-hybridized carbons (Fsp3) is 0.385. The van der Waals surface area contributed by atoms with Crippen molar-refractivity contribution < 1.29 is 14.7 Å². The van der Waals surface area contributed by atoms with Crippen LogP contribution in [0.25, 0.3) is 0 Å². The van der Waals surface area contributed by atoms with Crippen molar-refractivity contribution in [2.45, 2.75) is 27.2 Å². The molecule has 0 spiro atoms. The molecular weight excluding hydrogens is 204 g/mol. The second kappa shape index (κ2) is 4.92. The molecule has 0 fully saturated rings. The highest BCUT2D eigenvalue weighted by Crippen LogP contribution is 2.15. The van der Waals surface area contributed by atoms with E-state index in [2.05, 4.69) is 0 Å². The molecule has 1 N–H and O–H groups in total. The third-order valence-corrected chi connectivity index (χ3v) is 2.61. The van der Waals surface area contributed by atoms with Gasteiger partial charge in [-0.25, -0.2) is 0 Å². The molecular formula is C13H16O3. The van der Waals surface area contributed by atoms with E-state index in [4.69, 9.17) is 5.11 Å². The Hall–Kier alpha value is -1.64. The maximum absolute atomic E-state index is 11.9. The lowest BCUT2D eigenvalue weighted by molar-refractivity contribution is -0.141. The number of rotatable bonds is 4. The van der Waals surface area contributed by atoms with E-state index in [0.717, 1.165) is 11.1 Å². The van der Waals surface area contributed by atoms with Crippen LogP contribution in [0.2, 0.25) is 0 Å². The van der Waals surface area contributed by atoms with E-state index in [0.29, 0.717) is 5.56 Å². The van der Waals surface area contributed by atoms with Gasteiger partial charge in [-0.1, -0.05) is 24.6 Å². The summed E-state index contributed by atoms with van der Waals surface area (Å²) in [7, 11) is 0. The lowest BCUT2D eigenvalue weighted by Gasteiger charge is -2.08. The topological polar surface area (TPSA) is 54.4 Å². The van der Waals surface area contributed by atoms with Gasteiger partial charge in [0.15, 0.2) is 5.78 Å². The van der Waals surface area contributed by atoms with Crippen molar-refractivity contribution in [3.8, 4) is 0 Å². The summed E-state index contributed by atoms with van der Waals surface area (Å²) in [6.07, 6.45) is 0.0552. The summed E-state index contributed by atoms with van der Waals surface area (Å²) in [4.78, 5) is 22.5. The molecule has 0 aliphatic heterocycles. The van der Waals surface area contributed by atoms with Gasteiger partial charge in [-0.05, 0) is 25.5 Å². The van der Waals surface area contributed by atoms with Crippen LogP contribution in [-0.2, 0) is 4.79 Å². The Morgan fingerprint density at radius 3 is 2.50 bits per heavy atom. The summed E-state index contributed by atoms with van der Waals surface area (Å²) < 4.78 is 0. The maximum Gasteiger partial charge on any atom is 0.306 e. The lowest BCUT2D eigenvalue weighted by atomic mass is 9.95. The van der Waals surface area contributed by atoms with E-state index in [9.17, 15) is 9.59 Å². The second-order valence-electron chi connectivity index (χ2n) is 4.18. The van der Waals surface area contributed by atoms with E-state index in [-0.39, 0.29) is 12.2 Å². The number of carbonyl (C=O) groups excluding carboxylic acids is 1. The number of ketones is 1. The number of hydrogen-bond donors (Lipinski definition) is 1. The van der Waals surface area contributed by atoms with Gasteiger partial charge in [-0.2, -0.15) is 0 Å². The third kappa shape index (κ3) is 2.92. The van der Waals surface area contributed by atoms with Crippen molar-refractivity contribution in [2.75, 3.05) is 0 Å². The highest BCUT2D eigenvalue weighted by atomic mass is 16.4. The monoisotopic (exact) mass is 220 g/mol. The van der Waals surface area contributed by atoms with Gasteiger partial charge in [0.05, 0.1) is 5.92 Å².